The van der Waals surface area contributed by atoms with Crippen molar-refractivity contribution in [1.82, 2.24) is 5.32 Å². The molecule has 1 heterocycles. The van der Waals surface area contributed by atoms with Crippen LogP contribution >= 0.6 is 11.6 Å². The first-order valence-electron chi connectivity index (χ1n) is 7.69. The molecule has 0 amide bonds. The van der Waals surface area contributed by atoms with Crippen LogP contribution in [0.2, 0.25) is 5.02 Å². The van der Waals surface area contributed by atoms with Crippen molar-refractivity contribution < 1.29 is 9.84 Å². The van der Waals surface area contributed by atoms with Gasteiger partial charge in [0.15, 0.2) is 0 Å². The van der Waals surface area contributed by atoms with E-state index in [2.05, 4.69) is 16.3 Å². The van der Waals surface area contributed by atoms with Gasteiger partial charge in [0.25, 0.3) is 0 Å². The zero-order valence-corrected chi connectivity index (χ0v) is 13.1. The Kier molecular flexibility index (Phi) is 4.69. The highest BCUT2D eigenvalue weighted by Gasteiger charge is 2.27. The fourth-order valence-electron chi connectivity index (χ4n) is 2.87. The lowest BCUT2D eigenvalue weighted by Gasteiger charge is -2.38. The Hall–Kier alpha value is -0.810. The summed E-state index contributed by atoms with van der Waals surface area (Å²) >= 11 is 6.19. The van der Waals surface area contributed by atoms with Crippen LogP contribution in [0.4, 0.5) is 5.69 Å². The number of aliphatic hydroxyl groups is 1. The number of morpholine rings is 1. The molecular weight excluding hydrogens is 288 g/mol. The molecule has 0 aromatic heterocycles. The summed E-state index contributed by atoms with van der Waals surface area (Å²) in [5.74, 6) is 0. The zero-order chi connectivity index (χ0) is 14.8. The monoisotopic (exact) mass is 310 g/mol. The lowest BCUT2D eigenvalue weighted by Crippen LogP contribution is -2.48. The molecule has 2 aliphatic rings. The molecule has 2 unspecified atom stereocenters. The number of aliphatic hydroxyl groups excluding tert-OH is 1. The van der Waals surface area contributed by atoms with Crippen LogP contribution in [-0.2, 0) is 11.3 Å². The maximum atomic E-state index is 9.39. The maximum absolute atomic E-state index is 9.39. The molecule has 0 radical (unpaired) electrons. The minimum atomic E-state index is -0.128. The Morgan fingerprint density at radius 2 is 2.19 bits per heavy atom. The molecule has 1 saturated heterocycles. The molecule has 5 heteroatoms. The van der Waals surface area contributed by atoms with E-state index in [1.54, 1.807) is 0 Å². The van der Waals surface area contributed by atoms with Crippen molar-refractivity contribution in [2.24, 2.45) is 0 Å². The molecule has 0 bridgehead atoms. The summed E-state index contributed by atoms with van der Waals surface area (Å²) in [4.78, 5) is 2.28. The van der Waals surface area contributed by atoms with E-state index < -0.39 is 0 Å². The van der Waals surface area contributed by atoms with Crippen molar-refractivity contribution in [2.45, 2.75) is 44.6 Å². The number of anilines is 1. The van der Waals surface area contributed by atoms with Gasteiger partial charge in [-0.1, -0.05) is 17.7 Å². The average Bonchev–Trinajstić information content (AvgIpc) is 3.29. The minimum absolute atomic E-state index is 0.0526. The third-order valence-corrected chi connectivity index (χ3v) is 4.31. The predicted octanol–water partition coefficient (Wildman–Crippen LogP) is 2.18. The number of benzene rings is 1. The summed E-state index contributed by atoms with van der Waals surface area (Å²) in [5.41, 5.74) is 2.42. The Labute approximate surface area is 131 Å². The van der Waals surface area contributed by atoms with Gasteiger partial charge in [-0.3, -0.25) is 0 Å². The maximum Gasteiger partial charge on any atom is 0.0984 e. The second kappa shape index (κ2) is 6.53. The summed E-state index contributed by atoms with van der Waals surface area (Å²) in [7, 11) is 0. The van der Waals surface area contributed by atoms with E-state index in [-0.39, 0.29) is 18.8 Å². The van der Waals surface area contributed by atoms with Crippen LogP contribution in [-0.4, -0.2) is 43.1 Å². The molecule has 4 nitrogen and oxygen atoms in total. The van der Waals surface area contributed by atoms with Crippen molar-refractivity contribution in [2.75, 3.05) is 24.6 Å². The molecule has 1 aromatic carbocycles. The number of ether oxygens (including phenoxy) is 1. The Balaban J connectivity index is 1.79. The fourth-order valence-corrected chi connectivity index (χ4v) is 3.03. The van der Waals surface area contributed by atoms with Crippen LogP contribution in [0, 0.1) is 0 Å². The van der Waals surface area contributed by atoms with Crippen LogP contribution in [0.1, 0.15) is 25.3 Å². The van der Waals surface area contributed by atoms with E-state index >= 15 is 0 Å². The van der Waals surface area contributed by atoms with Crippen LogP contribution in [0.15, 0.2) is 18.2 Å². The van der Waals surface area contributed by atoms with Gasteiger partial charge in [-0.15, -0.1) is 0 Å². The number of rotatable bonds is 5. The first-order valence-corrected chi connectivity index (χ1v) is 8.06. The fraction of sp³-hybridized carbons (Fsp3) is 0.625. The lowest BCUT2D eigenvalue weighted by molar-refractivity contribution is -0.0421. The number of hydrogen-bond donors (Lipinski definition) is 2. The predicted molar refractivity (Wildman–Crippen MR) is 84.9 cm³/mol. The van der Waals surface area contributed by atoms with Gasteiger partial charge >= 0.3 is 0 Å². The first kappa shape index (κ1) is 15.1. The highest BCUT2D eigenvalue weighted by Crippen LogP contribution is 2.29. The molecule has 21 heavy (non-hydrogen) atoms. The number of nitrogens with zero attached hydrogens (tertiary/aromatic N) is 1. The van der Waals surface area contributed by atoms with Gasteiger partial charge in [-0.25, -0.2) is 0 Å². The zero-order valence-electron chi connectivity index (χ0n) is 12.4. The molecule has 2 N–H and O–H groups in total. The second-order valence-electron chi connectivity index (χ2n) is 6.08. The standard InChI is InChI=1S/C16H23ClN2O2/c1-11-8-19(9-15(10-20)21-11)16-6-13(17)3-2-12(16)7-18-14-4-5-14/h2-3,6,11,14-15,18,20H,4-5,7-10H2,1H3. The van der Waals surface area contributed by atoms with Crippen LogP contribution in [0.25, 0.3) is 0 Å². The molecule has 1 aliphatic heterocycles. The summed E-state index contributed by atoms with van der Waals surface area (Å²) in [6.07, 6.45) is 2.55. The molecule has 1 saturated carbocycles. The molecule has 3 rings (SSSR count). The van der Waals surface area contributed by atoms with Gasteiger partial charge in [0, 0.05) is 36.4 Å². The Morgan fingerprint density at radius 3 is 2.90 bits per heavy atom. The van der Waals surface area contributed by atoms with Gasteiger partial charge in [-0.2, -0.15) is 0 Å². The summed E-state index contributed by atoms with van der Waals surface area (Å²) in [6, 6.07) is 6.75. The quantitative estimate of drug-likeness (QED) is 0.875. The molecule has 1 aromatic rings. The molecule has 2 fully saturated rings. The summed E-state index contributed by atoms with van der Waals surface area (Å²) in [6.45, 7) is 4.50. The van der Waals surface area contributed by atoms with E-state index in [0.29, 0.717) is 12.6 Å². The summed E-state index contributed by atoms with van der Waals surface area (Å²) in [5, 5.41) is 13.7. The van der Waals surface area contributed by atoms with E-state index in [9.17, 15) is 5.11 Å². The van der Waals surface area contributed by atoms with Crippen molar-refractivity contribution in [1.29, 1.82) is 0 Å². The lowest BCUT2D eigenvalue weighted by atomic mass is 10.1. The van der Waals surface area contributed by atoms with Crippen LogP contribution < -0.4 is 10.2 Å². The van der Waals surface area contributed by atoms with Crippen molar-refractivity contribution >= 4 is 17.3 Å². The second-order valence-corrected chi connectivity index (χ2v) is 6.52. The van der Waals surface area contributed by atoms with Gasteiger partial charge < -0.3 is 20.1 Å². The normalized spacial score (nSPS) is 26.1. The third-order valence-electron chi connectivity index (χ3n) is 4.08. The average molecular weight is 311 g/mol. The smallest absolute Gasteiger partial charge is 0.0984 e. The third kappa shape index (κ3) is 3.89. The van der Waals surface area contributed by atoms with Gasteiger partial charge in [0.05, 0.1) is 18.8 Å². The number of halogens is 1. The van der Waals surface area contributed by atoms with Gasteiger partial charge in [0.2, 0.25) is 0 Å². The first-order chi connectivity index (χ1) is 10.2. The number of hydrogen-bond acceptors (Lipinski definition) is 4. The Morgan fingerprint density at radius 1 is 1.38 bits per heavy atom. The minimum Gasteiger partial charge on any atom is -0.394 e. The molecular formula is C16H23ClN2O2. The van der Waals surface area contributed by atoms with Gasteiger partial charge in [-0.05, 0) is 37.5 Å². The largest absolute Gasteiger partial charge is 0.394 e. The van der Waals surface area contributed by atoms with E-state index in [1.165, 1.54) is 18.4 Å². The topological polar surface area (TPSA) is 44.7 Å². The van der Waals surface area contributed by atoms with Crippen molar-refractivity contribution in [3.63, 3.8) is 0 Å². The molecule has 1 aliphatic carbocycles. The summed E-state index contributed by atoms with van der Waals surface area (Å²) < 4.78 is 5.73. The SMILES string of the molecule is CC1CN(c2cc(Cl)ccc2CNC2CC2)CC(CO)O1. The van der Waals surface area contributed by atoms with E-state index in [0.717, 1.165) is 23.8 Å². The molecule has 2 atom stereocenters. The highest BCUT2D eigenvalue weighted by atomic mass is 35.5. The number of nitrogens with one attached hydrogen (secondary N) is 1. The van der Waals surface area contributed by atoms with Crippen LogP contribution in [0.5, 0.6) is 0 Å². The molecule has 0 spiro atoms. The van der Waals surface area contributed by atoms with Gasteiger partial charge in [0.1, 0.15) is 0 Å². The van der Waals surface area contributed by atoms with E-state index in [1.807, 2.05) is 19.1 Å². The highest BCUT2D eigenvalue weighted by molar-refractivity contribution is 6.30. The van der Waals surface area contributed by atoms with Crippen molar-refractivity contribution in [3.8, 4) is 0 Å². The van der Waals surface area contributed by atoms with E-state index in [4.69, 9.17) is 16.3 Å². The molecule has 116 valence electrons. The van der Waals surface area contributed by atoms with Crippen LogP contribution in [0.3, 0.4) is 0 Å². The van der Waals surface area contributed by atoms with Crippen molar-refractivity contribution in [3.05, 3.63) is 28.8 Å². The Bertz CT molecular complexity index is 493.